The Hall–Kier alpha value is -3.22. The normalized spacial score (nSPS) is 11.0. The summed E-state index contributed by atoms with van der Waals surface area (Å²) in [5.41, 5.74) is 3.32. The van der Waals surface area contributed by atoms with Gasteiger partial charge in [-0.05, 0) is 31.9 Å². The molecule has 3 aromatic rings. The Morgan fingerprint density at radius 2 is 1.93 bits per heavy atom. The van der Waals surface area contributed by atoms with Gasteiger partial charge in [-0.3, -0.25) is 9.59 Å². The minimum absolute atomic E-state index is 0.0270. The highest BCUT2D eigenvalue weighted by atomic mass is 16.1. The van der Waals surface area contributed by atoms with E-state index in [0.717, 1.165) is 23.2 Å². The van der Waals surface area contributed by atoms with E-state index < -0.39 is 0 Å². The van der Waals surface area contributed by atoms with E-state index in [0.29, 0.717) is 23.3 Å². The Labute approximate surface area is 163 Å². The number of nitrogens with zero attached hydrogens (tertiary/aromatic N) is 3. The van der Waals surface area contributed by atoms with Crippen LogP contribution in [0.2, 0.25) is 0 Å². The van der Waals surface area contributed by atoms with Crippen LogP contribution in [0.4, 0.5) is 5.82 Å². The average molecular weight is 379 g/mol. The number of anilines is 1. The molecule has 2 N–H and O–H groups in total. The molecule has 0 aliphatic carbocycles. The van der Waals surface area contributed by atoms with Crippen LogP contribution in [0.15, 0.2) is 41.5 Å². The number of hydrogen-bond acceptors (Lipinski definition) is 5. The highest BCUT2D eigenvalue weighted by Gasteiger charge is 2.14. The van der Waals surface area contributed by atoms with E-state index in [-0.39, 0.29) is 17.5 Å². The summed E-state index contributed by atoms with van der Waals surface area (Å²) in [5.74, 6) is 0.520. The Kier molecular flexibility index (Phi) is 5.73. The monoisotopic (exact) mass is 379 g/mol. The van der Waals surface area contributed by atoms with E-state index in [1.807, 2.05) is 44.2 Å². The Balaban J connectivity index is 1.98. The molecule has 0 saturated carbocycles. The van der Waals surface area contributed by atoms with Gasteiger partial charge in [0, 0.05) is 32.1 Å². The van der Waals surface area contributed by atoms with Crippen molar-refractivity contribution >= 4 is 22.6 Å². The zero-order valence-electron chi connectivity index (χ0n) is 16.6. The topological polar surface area (TPSA) is 88.9 Å². The molecule has 2 aromatic heterocycles. The molecule has 0 unspecified atom stereocenters. The first-order chi connectivity index (χ1) is 13.3. The fraction of sp³-hybridized carbons (Fsp3) is 0.333. The first-order valence-electron chi connectivity index (χ1n) is 9.32. The third-order valence-corrected chi connectivity index (χ3v) is 4.37. The first-order valence-corrected chi connectivity index (χ1v) is 9.32. The number of benzene rings is 1. The maximum atomic E-state index is 12.6. The number of amides is 1. The smallest absolute Gasteiger partial charge is 0.264 e. The van der Waals surface area contributed by atoms with Crippen molar-refractivity contribution in [2.75, 3.05) is 11.9 Å². The predicted molar refractivity (Wildman–Crippen MR) is 111 cm³/mol. The van der Waals surface area contributed by atoms with E-state index in [4.69, 9.17) is 4.98 Å². The largest absolute Gasteiger partial charge is 0.367 e. The molecule has 0 radical (unpaired) electrons. The molecule has 0 bridgehead atoms. The van der Waals surface area contributed by atoms with Crippen LogP contribution in [0.5, 0.6) is 0 Å². The summed E-state index contributed by atoms with van der Waals surface area (Å²) in [4.78, 5) is 32.7. The van der Waals surface area contributed by atoms with Crippen molar-refractivity contribution in [1.82, 2.24) is 19.9 Å². The summed E-state index contributed by atoms with van der Waals surface area (Å²) in [7, 11) is 1.68. The summed E-state index contributed by atoms with van der Waals surface area (Å²) in [5, 5.41) is 6.56. The van der Waals surface area contributed by atoms with Crippen molar-refractivity contribution in [3.63, 3.8) is 0 Å². The van der Waals surface area contributed by atoms with Gasteiger partial charge in [0.15, 0.2) is 0 Å². The minimum Gasteiger partial charge on any atom is -0.367 e. The van der Waals surface area contributed by atoms with Crippen LogP contribution in [-0.2, 0) is 18.3 Å². The predicted octanol–water partition coefficient (Wildman–Crippen LogP) is 2.49. The Morgan fingerprint density at radius 1 is 1.21 bits per heavy atom. The maximum absolute atomic E-state index is 12.6. The second-order valence-corrected chi connectivity index (χ2v) is 7.14. The van der Waals surface area contributed by atoms with Gasteiger partial charge >= 0.3 is 0 Å². The zero-order valence-corrected chi connectivity index (χ0v) is 16.6. The van der Waals surface area contributed by atoms with Crippen molar-refractivity contribution in [2.24, 2.45) is 7.05 Å². The van der Waals surface area contributed by atoms with Crippen molar-refractivity contribution in [3.8, 4) is 11.3 Å². The summed E-state index contributed by atoms with van der Waals surface area (Å²) in [6.07, 6.45) is 2.29. The second kappa shape index (κ2) is 8.21. The lowest BCUT2D eigenvalue weighted by Crippen LogP contribution is -2.22. The number of fused-ring (bicyclic) bond motifs is 1. The van der Waals surface area contributed by atoms with E-state index >= 15 is 0 Å². The summed E-state index contributed by atoms with van der Waals surface area (Å²) >= 11 is 0. The Bertz CT molecular complexity index is 1050. The van der Waals surface area contributed by atoms with Gasteiger partial charge in [0.1, 0.15) is 11.2 Å². The fourth-order valence-electron chi connectivity index (χ4n) is 2.97. The van der Waals surface area contributed by atoms with Crippen molar-refractivity contribution in [2.45, 2.75) is 33.2 Å². The molecular formula is C21H25N5O2. The summed E-state index contributed by atoms with van der Waals surface area (Å²) in [6.45, 7) is 6.13. The summed E-state index contributed by atoms with van der Waals surface area (Å²) < 4.78 is 1.46. The van der Waals surface area contributed by atoms with Gasteiger partial charge in [-0.15, -0.1) is 0 Å². The van der Waals surface area contributed by atoms with E-state index in [1.165, 1.54) is 17.8 Å². The molecule has 7 heteroatoms. The van der Waals surface area contributed by atoms with E-state index in [1.54, 1.807) is 7.05 Å². The standard InChI is InChI=1S/C21H25N5O2/c1-13(2)24-20-19-18(23-12-26(4)21(19)28)11-17(25-20)16-7-5-15(6-8-16)9-10-22-14(3)27/h5-8,11-13H,9-10H2,1-4H3,(H,22,27)(H,24,25). The van der Waals surface area contributed by atoms with Gasteiger partial charge in [-0.25, -0.2) is 9.97 Å². The number of rotatable bonds is 6. The molecule has 28 heavy (non-hydrogen) atoms. The molecular weight excluding hydrogens is 354 g/mol. The molecule has 1 amide bonds. The Morgan fingerprint density at radius 3 is 2.57 bits per heavy atom. The zero-order chi connectivity index (χ0) is 20.3. The summed E-state index contributed by atoms with van der Waals surface area (Å²) in [6, 6.07) is 10.0. The molecule has 1 aromatic carbocycles. The van der Waals surface area contributed by atoms with E-state index in [2.05, 4.69) is 15.6 Å². The van der Waals surface area contributed by atoms with Crippen LogP contribution in [0.3, 0.4) is 0 Å². The van der Waals surface area contributed by atoms with Crippen molar-refractivity contribution in [1.29, 1.82) is 0 Å². The SMILES string of the molecule is CC(=O)NCCc1ccc(-c2cc3ncn(C)c(=O)c3c(NC(C)C)n2)cc1. The quantitative estimate of drug-likeness (QED) is 0.687. The van der Waals surface area contributed by atoms with Crippen molar-refractivity contribution in [3.05, 3.63) is 52.6 Å². The van der Waals surface area contributed by atoms with Gasteiger partial charge in [-0.1, -0.05) is 24.3 Å². The lowest BCUT2D eigenvalue weighted by atomic mass is 10.1. The van der Waals surface area contributed by atoms with Gasteiger partial charge < -0.3 is 15.2 Å². The van der Waals surface area contributed by atoms with Crippen LogP contribution in [0, 0.1) is 0 Å². The van der Waals surface area contributed by atoms with Crippen LogP contribution >= 0.6 is 0 Å². The molecule has 0 aliphatic heterocycles. The van der Waals surface area contributed by atoms with Crippen LogP contribution in [-0.4, -0.2) is 33.0 Å². The minimum atomic E-state index is -0.125. The molecule has 0 atom stereocenters. The molecule has 0 aliphatic rings. The van der Waals surface area contributed by atoms with Gasteiger partial charge in [0.25, 0.3) is 5.56 Å². The fourth-order valence-corrected chi connectivity index (χ4v) is 2.97. The molecule has 7 nitrogen and oxygen atoms in total. The second-order valence-electron chi connectivity index (χ2n) is 7.14. The van der Waals surface area contributed by atoms with E-state index in [9.17, 15) is 9.59 Å². The highest BCUT2D eigenvalue weighted by molar-refractivity contribution is 5.91. The van der Waals surface area contributed by atoms with Crippen LogP contribution < -0.4 is 16.2 Å². The lowest BCUT2D eigenvalue weighted by Gasteiger charge is -2.14. The number of hydrogen-bond donors (Lipinski definition) is 2. The number of pyridine rings is 1. The average Bonchev–Trinajstić information content (AvgIpc) is 2.64. The van der Waals surface area contributed by atoms with Gasteiger partial charge in [0.05, 0.1) is 17.5 Å². The number of carbonyl (C=O) groups is 1. The van der Waals surface area contributed by atoms with Gasteiger partial charge in [0.2, 0.25) is 5.91 Å². The molecule has 0 fully saturated rings. The number of carbonyl (C=O) groups excluding carboxylic acids is 1. The molecule has 0 saturated heterocycles. The lowest BCUT2D eigenvalue weighted by molar-refractivity contribution is -0.118. The van der Waals surface area contributed by atoms with Crippen LogP contribution in [0.25, 0.3) is 22.2 Å². The van der Waals surface area contributed by atoms with Crippen LogP contribution in [0.1, 0.15) is 26.3 Å². The highest BCUT2D eigenvalue weighted by Crippen LogP contribution is 2.25. The molecule has 2 heterocycles. The number of nitrogens with one attached hydrogen (secondary N) is 2. The number of aryl methyl sites for hydroxylation is 1. The first kappa shape index (κ1) is 19.5. The third kappa shape index (κ3) is 4.36. The molecule has 3 rings (SSSR count). The number of aromatic nitrogens is 3. The third-order valence-electron chi connectivity index (χ3n) is 4.37. The maximum Gasteiger partial charge on any atom is 0.264 e. The molecule has 0 spiro atoms. The molecule has 146 valence electrons. The van der Waals surface area contributed by atoms with Crippen molar-refractivity contribution < 1.29 is 4.79 Å². The van der Waals surface area contributed by atoms with Gasteiger partial charge in [-0.2, -0.15) is 0 Å².